The van der Waals surface area contributed by atoms with Gasteiger partial charge in [0.1, 0.15) is 0 Å². The van der Waals surface area contributed by atoms with Crippen LogP contribution in [-0.4, -0.2) is 24.3 Å². The first-order chi connectivity index (χ1) is 6.57. The van der Waals surface area contributed by atoms with E-state index in [1.54, 1.807) is 7.05 Å². The van der Waals surface area contributed by atoms with Crippen LogP contribution in [0.1, 0.15) is 17.4 Å². The Morgan fingerprint density at radius 2 is 2.14 bits per heavy atom. The highest BCUT2D eigenvalue weighted by Gasteiger charge is 2.16. The zero-order valence-corrected chi connectivity index (χ0v) is 10.1. The number of halogens is 1. The van der Waals surface area contributed by atoms with E-state index in [-0.39, 0.29) is 0 Å². The molecule has 0 saturated heterocycles. The van der Waals surface area contributed by atoms with Gasteiger partial charge < -0.3 is 5.11 Å². The minimum absolute atomic E-state index is 0.738. The molecule has 0 heterocycles. The molecule has 0 aliphatic heterocycles. The third-order valence-corrected chi connectivity index (χ3v) is 3.08. The summed E-state index contributed by atoms with van der Waals surface area (Å²) in [5.41, 5.74) is 1.85. The summed E-state index contributed by atoms with van der Waals surface area (Å²) in [6.45, 7) is 1.95. The lowest BCUT2D eigenvalue weighted by molar-refractivity contribution is -0.206. The van der Waals surface area contributed by atoms with Crippen molar-refractivity contribution in [2.75, 3.05) is 14.2 Å². The van der Waals surface area contributed by atoms with Crippen LogP contribution in [0, 0.1) is 6.92 Å². The predicted molar refractivity (Wildman–Crippen MR) is 58.6 cm³/mol. The van der Waals surface area contributed by atoms with E-state index < -0.39 is 6.23 Å². The molecular formula is C10H14BrNO2. The first-order valence-electron chi connectivity index (χ1n) is 4.28. The predicted octanol–water partition coefficient (Wildman–Crippen LogP) is 2.24. The summed E-state index contributed by atoms with van der Waals surface area (Å²) >= 11 is 3.41. The second-order valence-electron chi connectivity index (χ2n) is 3.06. The maximum Gasteiger partial charge on any atom is 0.155 e. The summed E-state index contributed by atoms with van der Waals surface area (Å²) in [5.74, 6) is 0. The Balaban J connectivity index is 3.01. The van der Waals surface area contributed by atoms with E-state index in [9.17, 15) is 5.11 Å². The molecule has 1 aromatic carbocycles. The second-order valence-corrected chi connectivity index (χ2v) is 3.91. The van der Waals surface area contributed by atoms with E-state index in [1.807, 2.05) is 25.1 Å². The van der Waals surface area contributed by atoms with Gasteiger partial charge in [-0.2, -0.15) is 5.06 Å². The van der Waals surface area contributed by atoms with Crippen molar-refractivity contribution in [2.45, 2.75) is 13.2 Å². The van der Waals surface area contributed by atoms with E-state index >= 15 is 0 Å². The highest BCUT2D eigenvalue weighted by molar-refractivity contribution is 9.10. The van der Waals surface area contributed by atoms with Crippen molar-refractivity contribution in [2.24, 2.45) is 0 Å². The summed E-state index contributed by atoms with van der Waals surface area (Å²) in [7, 11) is 3.21. The number of hydroxylamine groups is 2. The van der Waals surface area contributed by atoms with Gasteiger partial charge in [-0.25, -0.2) is 0 Å². The van der Waals surface area contributed by atoms with E-state index in [1.165, 1.54) is 12.2 Å². The molecular weight excluding hydrogens is 246 g/mol. The first kappa shape index (κ1) is 11.7. The number of nitrogens with zero attached hydrogens (tertiary/aromatic N) is 1. The molecule has 3 nitrogen and oxygen atoms in total. The summed E-state index contributed by atoms with van der Waals surface area (Å²) < 4.78 is 0.985. The van der Waals surface area contributed by atoms with Gasteiger partial charge in [0.15, 0.2) is 6.23 Å². The highest BCUT2D eigenvalue weighted by Crippen LogP contribution is 2.25. The van der Waals surface area contributed by atoms with Gasteiger partial charge in [0.05, 0.1) is 7.11 Å². The van der Waals surface area contributed by atoms with Crippen LogP contribution in [0.2, 0.25) is 0 Å². The van der Waals surface area contributed by atoms with Crippen molar-refractivity contribution >= 4 is 15.9 Å². The average molecular weight is 260 g/mol. The van der Waals surface area contributed by atoms with Crippen LogP contribution in [0.5, 0.6) is 0 Å². The van der Waals surface area contributed by atoms with Crippen LogP contribution in [0.25, 0.3) is 0 Å². The van der Waals surface area contributed by atoms with Gasteiger partial charge in [-0.3, -0.25) is 4.84 Å². The zero-order chi connectivity index (χ0) is 10.7. The molecule has 1 N–H and O–H groups in total. The average Bonchev–Trinajstić information content (AvgIpc) is 2.20. The quantitative estimate of drug-likeness (QED) is 0.668. The molecule has 0 aliphatic rings. The fraction of sp³-hybridized carbons (Fsp3) is 0.400. The van der Waals surface area contributed by atoms with Gasteiger partial charge >= 0.3 is 0 Å². The largest absolute Gasteiger partial charge is 0.372 e. The first-order valence-corrected chi connectivity index (χ1v) is 5.07. The Morgan fingerprint density at radius 1 is 1.50 bits per heavy atom. The normalized spacial score (nSPS) is 13.3. The second kappa shape index (κ2) is 4.89. The smallest absolute Gasteiger partial charge is 0.155 e. The van der Waals surface area contributed by atoms with Gasteiger partial charge in [0, 0.05) is 17.1 Å². The molecule has 0 spiro atoms. The standard InChI is InChI=1S/C10H14BrNO2/c1-7-8(5-4-6-9(7)11)10(13)12(2)14-3/h4-6,10,13H,1-3H3. The third-order valence-electron chi connectivity index (χ3n) is 2.22. The number of hydrogen-bond donors (Lipinski definition) is 1. The lowest BCUT2D eigenvalue weighted by Crippen LogP contribution is -2.23. The molecule has 0 saturated carbocycles. The number of hydrogen-bond acceptors (Lipinski definition) is 3. The van der Waals surface area contributed by atoms with Crippen LogP contribution >= 0.6 is 15.9 Å². The molecule has 78 valence electrons. The Labute approximate surface area is 92.4 Å². The molecule has 0 amide bonds. The molecule has 1 rings (SSSR count). The molecule has 1 aromatic rings. The molecule has 0 aromatic heterocycles. The molecule has 0 aliphatic carbocycles. The maximum atomic E-state index is 9.87. The maximum absolute atomic E-state index is 9.87. The van der Waals surface area contributed by atoms with Crippen molar-refractivity contribution in [1.82, 2.24) is 5.06 Å². The van der Waals surface area contributed by atoms with E-state index in [0.717, 1.165) is 15.6 Å². The molecule has 4 heteroatoms. The molecule has 0 bridgehead atoms. The third kappa shape index (κ3) is 2.33. The lowest BCUT2D eigenvalue weighted by Gasteiger charge is -2.22. The molecule has 14 heavy (non-hydrogen) atoms. The Kier molecular flexibility index (Phi) is 4.07. The molecule has 1 atom stereocenters. The fourth-order valence-corrected chi connectivity index (χ4v) is 1.58. The van der Waals surface area contributed by atoms with Crippen molar-refractivity contribution in [3.05, 3.63) is 33.8 Å². The Morgan fingerprint density at radius 3 is 2.71 bits per heavy atom. The van der Waals surface area contributed by atoms with Gasteiger partial charge in [-0.15, -0.1) is 0 Å². The number of aliphatic hydroxyl groups excluding tert-OH is 1. The number of benzene rings is 1. The minimum atomic E-state index is -0.738. The number of aliphatic hydroxyl groups is 1. The molecule has 1 unspecified atom stereocenters. The number of rotatable bonds is 3. The van der Waals surface area contributed by atoms with E-state index in [2.05, 4.69) is 15.9 Å². The lowest BCUT2D eigenvalue weighted by atomic mass is 10.1. The van der Waals surface area contributed by atoms with Gasteiger partial charge in [0.2, 0.25) is 0 Å². The van der Waals surface area contributed by atoms with Crippen molar-refractivity contribution in [3.63, 3.8) is 0 Å². The van der Waals surface area contributed by atoms with Gasteiger partial charge in [-0.1, -0.05) is 28.1 Å². The monoisotopic (exact) mass is 259 g/mol. The summed E-state index contributed by atoms with van der Waals surface area (Å²) in [6, 6.07) is 5.71. The minimum Gasteiger partial charge on any atom is -0.372 e. The van der Waals surface area contributed by atoms with Crippen LogP contribution in [0.4, 0.5) is 0 Å². The van der Waals surface area contributed by atoms with E-state index in [0.29, 0.717) is 0 Å². The topological polar surface area (TPSA) is 32.7 Å². The zero-order valence-electron chi connectivity index (χ0n) is 8.49. The van der Waals surface area contributed by atoms with Crippen LogP contribution in [-0.2, 0) is 4.84 Å². The molecule has 0 radical (unpaired) electrons. The van der Waals surface area contributed by atoms with Crippen LogP contribution in [0.3, 0.4) is 0 Å². The fourth-order valence-electron chi connectivity index (χ4n) is 1.20. The summed E-state index contributed by atoms with van der Waals surface area (Å²) in [5, 5.41) is 11.3. The van der Waals surface area contributed by atoms with Gasteiger partial charge in [0.25, 0.3) is 0 Å². The SMILES string of the molecule is CON(C)C(O)c1cccc(Br)c1C. The highest BCUT2D eigenvalue weighted by atomic mass is 79.9. The summed E-state index contributed by atoms with van der Waals surface area (Å²) in [4.78, 5) is 4.93. The van der Waals surface area contributed by atoms with Crippen molar-refractivity contribution in [1.29, 1.82) is 0 Å². The van der Waals surface area contributed by atoms with Crippen molar-refractivity contribution in [3.8, 4) is 0 Å². The van der Waals surface area contributed by atoms with E-state index in [4.69, 9.17) is 4.84 Å². The van der Waals surface area contributed by atoms with Gasteiger partial charge in [-0.05, 0) is 18.6 Å². The Hall–Kier alpha value is -0.420. The summed E-state index contributed by atoms with van der Waals surface area (Å²) in [6.07, 6.45) is -0.738. The van der Waals surface area contributed by atoms with Crippen LogP contribution in [0.15, 0.2) is 22.7 Å². The molecule has 0 fully saturated rings. The Bertz CT molecular complexity index is 317. The van der Waals surface area contributed by atoms with Crippen molar-refractivity contribution < 1.29 is 9.94 Å². The van der Waals surface area contributed by atoms with Crippen LogP contribution < -0.4 is 0 Å².